The first kappa shape index (κ1) is 12.9. The molecular weight excluding hydrogens is 240 g/mol. The number of hydrogen-bond acceptors (Lipinski definition) is 3. The molecule has 5 heteroatoms. The summed E-state index contributed by atoms with van der Waals surface area (Å²) in [5.74, 6) is -0.898. The van der Waals surface area contributed by atoms with Crippen LogP contribution in [0.15, 0.2) is 0 Å². The van der Waals surface area contributed by atoms with E-state index >= 15 is 0 Å². The molecule has 0 aromatic carbocycles. The summed E-state index contributed by atoms with van der Waals surface area (Å²) in [6, 6.07) is 0. The molecule has 1 saturated carbocycles. The van der Waals surface area contributed by atoms with Crippen LogP contribution in [0.1, 0.15) is 46.0 Å². The second-order valence-corrected chi connectivity index (χ2v) is 8.62. The molecule has 0 aromatic rings. The van der Waals surface area contributed by atoms with Crippen molar-refractivity contribution in [3.05, 3.63) is 0 Å². The summed E-state index contributed by atoms with van der Waals surface area (Å²) >= 11 is 0. The highest BCUT2D eigenvalue weighted by atomic mass is 32.2. The maximum absolute atomic E-state index is 12.0. The Balaban J connectivity index is 2.44. The second kappa shape index (κ2) is 3.70. The van der Waals surface area contributed by atoms with Gasteiger partial charge in [0.1, 0.15) is 0 Å². The van der Waals surface area contributed by atoms with Crippen LogP contribution in [0.3, 0.4) is 0 Å². The van der Waals surface area contributed by atoms with E-state index in [1.54, 1.807) is 13.8 Å². The van der Waals surface area contributed by atoms with Crippen LogP contribution in [0.25, 0.3) is 0 Å². The molecule has 0 radical (unpaired) electrons. The Hall–Kier alpha value is -0.580. The number of carboxylic acids is 1. The fraction of sp³-hybridized carbons (Fsp3) is 0.917. The number of aliphatic carboxylic acids is 1. The molecule has 1 heterocycles. The van der Waals surface area contributed by atoms with Gasteiger partial charge >= 0.3 is 5.97 Å². The van der Waals surface area contributed by atoms with Crippen molar-refractivity contribution in [2.75, 3.05) is 5.75 Å². The highest BCUT2D eigenvalue weighted by Gasteiger charge is 2.60. The van der Waals surface area contributed by atoms with Gasteiger partial charge in [-0.15, -0.1) is 0 Å². The van der Waals surface area contributed by atoms with Gasteiger partial charge in [-0.25, -0.2) is 8.42 Å². The predicted molar refractivity (Wildman–Crippen MR) is 64.5 cm³/mol. The minimum atomic E-state index is -3.15. The summed E-state index contributed by atoms with van der Waals surface area (Å²) in [6.45, 7) is 3.39. The number of sulfone groups is 1. The molecule has 0 spiro atoms. The van der Waals surface area contributed by atoms with E-state index in [4.69, 9.17) is 0 Å². The van der Waals surface area contributed by atoms with Crippen LogP contribution in [-0.4, -0.2) is 30.0 Å². The van der Waals surface area contributed by atoms with E-state index in [1.807, 2.05) is 0 Å². The third-order valence-electron chi connectivity index (χ3n) is 4.90. The molecule has 17 heavy (non-hydrogen) atoms. The van der Waals surface area contributed by atoms with Crippen LogP contribution in [0, 0.1) is 11.3 Å². The molecule has 1 unspecified atom stereocenters. The highest BCUT2D eigenvalue weighted by molar-refractivity contribution is 7.93. The minimum absolute atomic E-state index is 0.139. The van der Waals surface area contributed by atoms with Crippen LogP contribution < -0.4 is 0 Å². The van der Waals surface area contributed by atoms with Crippen LogP contribution >= 0.6 is 0 Å². The van der Waals surface area contributed by atoms with Crippen LogP contribution in [0.5, 0.6) is 0 Å². The number of hydrogen-bond donors (Lipinski definition) is 1. The lowest BCUT2D eigenvalue weighted by Gasteiger charge is -2.38. The molecule has 1 atom stereocenters. The van der Waals surface area contributed by atoms with Crippen molar-refractivity contribution in [1.29, 1.82) is 0 Å². The maximum Gasteiger partial charge on any atom is 0.309 e. The average molecular weight is 260 g/mol. The van der Waals surface area contributed by atoms with Gasteiger partial charge in [-0.3, -0.25) is 4.79 Å². The first-order chi connectivity index (χ1) is 7.74. The lowest BCUT2D eigenvalue weighted by molar-refractivity contribution is -0.153. The van der Waals surface area contributed by atoms with Crippen molar-refractivity contribution in [1.82, 2.24) is 0 Å². The first-order valence-corrected chi connectivity index (χ1v) is 7.85. The Morgan fingerprint density at radius 2 is 1.76 bits per heavy atom. The van der Waals surface area contributed by atoms with Gasteiger partial charge in [-0.2, -0.15) is 0 Å². The van der Waals surface area contributed by atoms with Crippen molar-refractivity contribution in [3.63, 3.8) is 0 Å². The maximum atomic E-state index is 12.0. The van der Waals surface area contributed by atoms with Crippen molar-refractivity contribution in [2.45, 2.75) is 50.7 Å². The molecule has 2 aliphatic rings. The summed E-state index contributed by atoms with van der Waals surface area (Å²) in [4.78, 5) is 11.6. The van der Waals surface area contributed by atoms with Gasteiger partial charge in [-0.05, 0) is 39.0 Å². The normalized spacial score (nSPS) is 33.6. The Labute approximate surface area is 102 Å². The third-order valence-corrected chi connectivity index (χ3v) is 7.57. The molecule has 0 aromatic heterocycles. The summed E-state index contributed by atoms with van der Waals surface area (Å²) < 4.78 is 23.2. The smallest absolute Gasteiger partial charge is 0.309 e. The highest BCUT2D eigenvalue weighted by Crippen LogP contribution is 2.54. The predicted octanol–water partition coefficient (Wildman–Crippen LogP) is 1.84. The molecule has 1 aliphatic heterocycles. The largest absolute Gasteiger partial charge is 0.481 e. The summed E-state index contributed by atoms with van der Waals surface area (Å²) in [5, 5.41) is 9.53. The number of carboxylic acid groups (broad SMARTS) is 1. The van der Waals surface area contributed by atoms with Gasteiger partial charge < -0.3 is 5.11 Å². The summed E-state index contributed by atoms with van der Waals surface area (Å²) in [5.41, 5.74) is -0.799. The molecule has 2 fully saturated rings. The van der Waals surface area contributed by atoms with Gasteiger partial charge in [0.25, 0.3) is 0 Å². The zero-order chi connectivity index (χ0) is 12.9. The first-order valence-electron chi connectivity index (χ1n) is 6.20. The molecule has 0 bridgehead atoms. The van der Waals surface area contributed by atoms with Gasteiger partial charge in [-0.1, -0.05) is 12.8 Å². The van der Waals surface area contributed by atoms with Crippen molar-refractivity contribution < 1.29 is 18.3 Å². The zero-order valence-corrected chi connectivity index (χ0v) is 11.2. The molecule has 98 valence electrons. The Kier molecular flexibility index (Phi) is 2.80. The van der Waals surface area contributed by atoms with E-state index in [0.717, 1.165) is 12.8 Å². The molecule has 1 aliphatic carbocycles. The van der Waals surface area contributed by atoms with Gasteiger partial charge in [0.05, 0.1) is 15.9 Å². The molecule has 2 rings (SSSR count). The lowest BCUT2D eigenvalue weighted by Crippen LogP contribution is -2.46. The molecule has 1 N–H and O–H groups in total. The zero-order valence-electron chi connectivity index (χ0n) is 10.4. The van der Waals surface area contributed by atoms with Gasteiger partial charge in [0.2, 0.25) is 0 Å². The fourth-order valence-electron chi connectivity index (χ4n) is 3.76. The van der Waals surface area contributed by atoms with E-state index in [1.165, 1.54) is 0 Å². The van der Waals surface area contributed by atoms with Crippen LogP contribution in [0.2, 0.25) is 0 Å². The standard InChI is InChI=1S/C12H20O4S/c1-11(2)9(5-8-17(11,15)16)12(10(13)14)6-3-4-7-12/h9H,3-8H2,1-2H3,(H,13,14). The van der Waals surface area contributed by atoms with Crippen molar-refractivity contribution >= 4 is 15.8 Å². The number of rotatable bonds is 2. The van der Waals surface area contributed by atoms with E-state index in [-0.39, 0.29) is 11.7 Å². The lowest BCUT2D eigenvalue weighted by atomic mass is 9.67. The SMILES string of the molecule is CC1(C)C(C2(C(=O)O)CCCC2)CCS1(=O)=O. The van der Waals surface area contributed by atoms with E-state index < -0.39 is 26.0 Å². The Bertz CT molecular complexity index is 429. The van der Waals surface area contributed by atoms with E-state index in [9.17, 15) is 18.3 Å². The quantitative estimate of drug-likeness (QED) is 0.822. The monoisotopic (exact) mass is 260 g/mol. The Morgan fingerprint density at radius 3 is 2.12 bits per heavy atom. The van der Waals surface area contributed by atoms with E-state index in [2.05, 4.69) is 0 Å². The summed E-state index contributed by atoms with van der Waals surface area (Å²) in [7, 11) is -3.15. The molecule has 4 nitrogen and oxygen atoms in total. The van der Waals surface area contributed by atoms with Gasteiger partial charge in [0.15, 0.2) is 9.84 Å². The second-order valence-electron chi connectivity index (χ2n) is 5.93. The van der Waals surface area contributed by atoms with E-state index in [0.29, 0.717) is 19.3 Å². The van der Waals surface area contributed by atoms with Crippen molar-refractivity contribution in [2.24, 2.45) is 11.3 Å². The minimum Gasteiger partial charge on any atom is -0.481 e. The van der Waals surface area contributed by atoms with Crippen LogP contribution in [0.4, 0.5) is 0 Å². The Morgan fingerprint density at radius 1 is 1.24 bits per heavy atom. The van der Waals surface area contributed by atoms with Crippen LogP contribution in [-0.2, 0) is 14.6 Å². The topological polar surface area (TPSA) is 71.4 Å². The summed E-state index contributed by atoms with van der Waals surface area (Å²) in [6.07, 6.45) is 3.57. The third kappa shape index (κ3) is 1.62. The fourth-order valence-corrected chi connectivity index (χ4v) is 5.61. The number of carbonyl (C=O) groups is 1. The molecule has 0 amide bonds. The molecule has 1 saturated heterocycles. The van der Waals surface area contributed by atoms with Crippen molar-refractivity contribution in [3.8, 4) is 0 Å². The van der Waals surface area contributed by atoms with Gasteiger partial charge in [0, 0.05) is 0 Å². The average Bonchev–Trinajstić information content (AvgIpc) is 2.73. The molecular formula is C12H20O4S.